The number of nitrogens with one attached hydrogen (secondary N) is 2. The maximum absolute atomic E-state index is 12.9. The first-order valence-corrected chi connectivity index (χ1v) is 25.7. The van der Waals surface area contributed by atoms with Crippen LogP contribution < -0.4 is 30.7 Å². The molecule has 0 unspecified atom stereocenters. The van der Waals surface area contributed by atoms with Crippen LogP contribution in [0, 0.1) is 45.3 Å². The summed E-state index contributed by atoms with van der Waals surface area (Å²) in [6, 6.07) is 69.7. The Morgan fingerprint density at radius 1 is 0.500 bits per heavy atom. The van der Waals surface area contributed by atoms with E-state index in [1.54, 1.807) is 24.3 Å². The molecule has 0 saturated heterocycles. The van der Waals surface area contributed by atoms with Crippen molar-refractivity contribution in [3.63, 3.8) is 0 Å². The number of amides is 2. The van der Waals surface area contributed by atoms with Crippen LogP contribution in [0.25, 0.3) is 16.7 Å². The molecule has 378 valence electrons. The van der Waals surface area contributed by atoms with Gasteiger partial charge in [-0.25, -0.2) is 0 Å². The SMILES string of the molecule is CN(C)c1ccc(C(C(=C(C#N)C#N)c2ccc(OCCCCCCCCCCC(=O)NCC(=O)Nc3ccc(C(c4ccccc4)(c4ccccc4)c4ccccc4)cc3)cc2)=c2ccc(=C(C#N)C#N)cc2)cc1. The highest BCUT2D eigenvalue weighted by Gasteiger charge is 2.38. The van der Waals surface area contributed by atoms with Gasteiger partial charge in [0.2, 0.25) is 11.8 Å². The van der Waals surface area contributed by atoms with Gasteiger partial charge in [-0.05, 0) is 93.4 Å². The summed E-state index contributed by atoms with van der Waals surface area (Å²) < 4.78 is 6.10. The van der Waals surface area contributed by atoms with Crippen molar-refractivity contribution in [3.8, 4) is 30.0 Å². The first-order chi connectivity index (χ1) is 37.2. The minimum absolute atomic E-state index is 0.00785. The number of anilines is 2. The fourth-order valence-corrected chi connectivity index (χ4v) is 9.59. The van der Waals surface area contributed by atoms with Crippen molar-refractivity contribution < 1.29 is 14.3 Å². The van der Waals surface area contributed by atoms with E-state index in [2.05, 4.69) is 108 Å². The molecule has 7 aromatic carbocycles. The molecule has 0 atom stereocenters. The zero-order valence-electron chi connectivity index (χ0n) is 43.1. The van der Waals surface area contributed by atoms with Gasteiger partial charge in [0.15, 0.2) is 0 Å². The average Bonchev–Trinajstić information content (AvgIpc) is 3.47. The first-order valence-electron chi connectivity index (χ1n) is 25.7. The van der Waals surface area contributed by atoms with Gasteiger partial charge < -0.3 is 20.3 Å². The lowest BCUT2D eigenvalue weighted by molar-refractivity contribution is -0.124. The van der Waals surface area contributed by atoms with Crippen LogP contribution in [-0.4, -0.2) is 39.1 Å². The number of hydrogen-bond acceptors (Lipinski definition) is 8. The summed E-state index contributed by atoms with van der Waals surface area (Å²) in [5.41, 5.74) is 8.05. The van der Waals surface area contributed by atoms with Crippen molar-refractivity contribution in [2.45, 2.75) is 63.2 Å². The normalized spacial score (nSPS) is 10.6. The van der Waals surface area contributed by atoms with Gasteiger partial charge in [-0.15, -0.1) is 0 Å². The second-order valence-electron chi connectivity index (χ2n) is 18.7. The number of hydrogen-bond donors (Lipinski definition) is 2. The highest BCUT2D eigenvalue weighted by molar-refractivity contribution is 6.08. The first kappa shape index (κ1) is 54.3. The molecule has 10 nitrogen and oxygen atoms in total. The fraction of sp³-hybridized carbons (Fsp3) is 0.212. The number of unbranched alkanes of at least 4 members (excludes halogenated alkanes) is 7. The maximum atomic E-state index is 12.9. The van der Waals surface area contributed by atoms with Gasteiger partial charge in [-0.1, -0.05) is 190 Å². The molecule has 0 saturated carbocycles. The smallest absolute Gasteiger partial charge is 0.243 e. The van der Waals surface area contributed by atoms with E-state index in [0.29, 0.717) is 51.6 Å². The highest BCUT2D eigenvalue weighted by Crippen LogP contribution is 2.45. The maximum Gasteiger partial charge on any atom is 0.243 e. The zero-order valence-corrected chi connectivity index (χ0v) is 43.1. The van der Waals surface area contributed by atoms with Crippen LogP contribution in [-0.2, 0) is 15.0 Å². The Kier molecular flexibility index (Phi) is 19.7. The fourth-order valence-electron chi connectivity index (χ4n) is 9.59. The number of nitriles is 4. The molecule has 0 fully saturated rings. The van der Waals surface area contributed by atoms with E-state index < -0.39 is 5.41 Å². The second-order valence-corrected chi connectivity index (χ2v) is 18.7. The Morgan fingerprint density at radius 2 is 0.974 bits per heavy atom. The number of ether oxygens (including phenoxy) is 1. The number of allylic oxidation sites excluding steroid dienone is 2. The van der Waals surface area contributed by atoms with E-state index in [4.69, 9.17) is 4.74 Å². The van der Waals surface area contributed by atoms with Crippen molar-refractivity contribution in [2.75, 3.05) is 37.5 Å². The van der Waals surface area contributed by atoms with Gasteiger partial charge in [0, 0.05) is 42.7 Å². The van der Waals surface area contributed by atoms with Gasteiger partial charge in [0.25, 0.3) is 0 Å². The predicted octanol–water partition coefficient (Wildman–Crippen LogP) is 11.7. The molecule has 0 bridgehead atoms. The van der Waals surface area contributed by atoms with E-state index in [1.165, 1.54) is 0 Å². The van der Waals surface area contributed by atoms with Crippen LogP contribution in [0.3, 0.4) is 0 Å². The number of nitrogens with zero attached hydrogens (tertiary/aromatic N) is 5. The van der Waals surface area contributed by atoms with E-state index >= 15 is 0 Å². The Labute approximate surface area is 446 Å². The van der Waals surface area contributed by atoms with E-state index in [0.717, 1.165) is 84.9 Å². The summed E-state index contributed by atoms with van der Waals surface area (Å²) in [5, 5.41) is 46.2. The lowest BCUT2D eigenvalue weighted by Gasteiger charge is -2.37. The topological polar surface area (TPSA) is 166 Å². The Morgan fingerprint density at radius 3 is 1.47 bits per heavy atom. The van der Waals surface area contributed by atoms with Crippen molar-refractivity contribution in [1.29, 1.82) is 21.0 Å². The molecule has 0 aliphatic rings. The molecule has 0 aliphatic heterocycles. The van der Waals surface area contributed by atoms with Crippen molar-refractivity contribution >= 4 is 39.9 Å². The molecule has 0 spiro atoms. The molecule has 0 aliphatic carbocycles. The Bertz CT molecular complexity index is 3250. The molecular weight excluding hydrogens is 939 g/mol. The van der Waals surface area contributed by atoms with Crippen LogP contribution in [0.4, 0.5) is 11.4 Å². The van der Waals surface area contributed by atoms with Crippen molar-refractivity contribution in [2.24, 2.45) is 0 Å². The number of carbonyl (C=O) groups is 2. The quantitative estimate of drug-likeness (QED) is 0.0363. The largest absolute Gasteiger partial charge is 0.494 e. The van der Waals surface area contributed by atoms with Crippen LogP contribution in [0.15, 0.2) is 194 Å². The third-order valence-electron chi connectivity index (χ3n) is 13.5. The van der Waals surface area contributed by atoms with Crippen LogP contribution in [0.1, 0.15) is 91.2 Å². The Hall–Kier alpha value is -9.48. The van der Waals surface area contributed by atoms with Gasteiger partial charge in [0.1, 0.15) is 41.2 Å². The van der Waals surface area contributed by atoms with Gasteiger partial charge in [-0.3, -0.25) is 9.59 Å². The monoisotopic (exact) mass is 999 g/mol. The third kappa shape index (κ3) is 13.8. The van der Waals surface area contributed by atoms with E-state index in [-0.39, 0.29) is 29.5 Å². The molecule has 0 radical (unpaired) electrons. The van der Waals surface area contributed by atoms with Crippen molar-refractivity contribution in [3.05, 3.63) is 237 Å². The third-order valence-corrected chi connectivity index (χ3v) is 13.5. The predicted molar refractivity (Wildman–Crippen MR) is 302 cm³/mol. The second kappa shape index (κ2) is 27.5. The lowest BCUT2D eigenvalue weighted by Crippen LogP contribution is -2.33. The summed E-state index contributed by atoms with van der Waals surface area (Å²) in [6.07, 6.45) is 8.30. The van der Waals surface area contributed by atoms with Gasteiger partial charge in [0.05, 0.1) is 18.6 Å². The molecule has 0 aromatic heterocycles. The lowest BCUT2D eigenvalue weighted by atomic mass is 9.65. The number of carbonyl (C=O) groups excluding carboxylic acids is 2. The molecule has 2 N–H and O–H groups in total. The number of benzene rings is 7. The van der Waals surface area contributed by atoms with E-state index in [1.807, 2.05) is 110 Å². The van der Waals surface area contributed by atoms with Crippen molar-refractivity contribution in [1.82, 2.24) is 5.32 Å². The average molecular weight is 1000 g/mol. The molecular formula is C66H61N7O3. The summed E-state index contributed by atoms with van der Waals surface area (Å²) in [7, 11) is 3.90. The molecule has 7 rings (SSSR count). The van der Waals surface area contributed by atoms with Gasteiger partial charge >= 0.3 is 0 Å². The van der Waals surface area contributed by atoms with Crippen LogP contribution in [0.2, 0.25) is 0 Å². The molecule has 7 aromatic rings. The summed E-state index contributed by atoms with van der Waals surface area (Å²) in [4.78, 5) is 27.6. The molecule has 2 amide bonds. The van der Waals surface area contributed by atoms with Crippen LogP contribution in [0.5, 0.6) is 5.75 Å². The summed E-state index contributed by atoms with van der Waals surface area (Å²) in [6.45, 7) is 0.454. The Balaban J connectivity index is 0.829. The number of rotatable bonds is 23. The minimum Gasteiger partial charge on any atom is -0.494 e. The van der Waals surface area contributed by atoms with Crippen LogP contribution >= 0.6 is 0 Å². The summed E-state index contributed by atoms with van der Waals surface area (Å²) in [5.74, 6) is 0.271. The minimum atomic E-state index is -0.581. The van der Waals surface area contributed by atoms with E-state index in [9.17, 15) is 30.6 Å². The van der Waals surface area contributed by atoms with Gasteiger partial charge in [-0.2, -0.15) is 21.0 Å². The zero-order chi connectivity index (χ0) is 53.5. The molecule has 76 heavy (non-hydrogen) atoms. The molecule has 0 heterocycles. The standard InChI is InChI=1S/C66H61N7O3/c1-73(2)60-39-31-51(32-40-60)64(50-29-27-49(28-30-50)53(44-67)45-68)65(54(46-69)47-70)52-33-41-61(42-34-52)76-43-19-8-6-4-3-5-7-18-26-62(74)71-48-63(75)72-59-37-35-58(36-38-59)66(55-20-12-9-13-21-55,56-22-14-10-15-23-56)57-24-16-11-17-25-57/h9-17,20-25,27-42H,3-8,18-19,26,43,48H2,1-2H3,(H,71,74)(H,72,75). The highest BCUT2D eigenvalue weighted by atomic mass is 16.5. The molecule has 10 heteroatoms. The summed E-state index contributed by atoms with van der Waals surface area (Å²) >= 11 is 0.